The van der Waals surface area contributed by atoms with Gasteiger partial charge in [0.25, 0.3) is 5.91 Å². The van der Waals surface area contributed by atoms with Crippen LogP contribution in [0.25, 0.3) is 0 Å². The van der Waals surface area contributed by atoms with E-state index in [1.165, 1.54) is 38.7 Å². The highest BCUT2D eigenvalue weighted by Gasteiger charge is 2.32. The summed E-state index contributed by atoms with van der Waals surface area (Å²) < 4.78 is 15.5. The molecule has 158 valence electrons. The average molecular weight is 438 g/mol. The Hall–Kier alpha value is -4.03. The lowest BCUT2D eigenvalue weighted by molar-refractivity contribution is -0.386. The van der Waals surface area contributed by atoms with Gasteiger partial charge in [0.2, 0.25) is 11.5 Å². The Morgan fingerprint density at radius 1 is 1.03 bits per heavy atom. The number of amides is 1. The molecule has 3 rings (SSSR count). The summed E-state index contributed by atoms with van der Waals surface area (Å²) in [5.74, 6) is 5.32. The number of benzene rings is 2. The number of carbonyl (C=O) groups excluding carboxylic acids is 1. The molecule has 1 N–H and O–H groups in total. The minimum absolute atomic E-state index is 0.0269. The maximum Gasteiger partial charge on any atom is 0.327 e. The molecule has 0 bridgehead atoms. The third kappa shape index (κ3) is 4.76. The van der Waals surface area contributed by atoms with E-state index in [1.807, 2.05) is 17.5 Å². The van der Waals surface area contributed by atoms with Gasteiger partial charge in [-0.05, 0) is 29.6 Å². The van der Waals surface area contributed by atoms with Gasteiger partial charge in [0, 0.05) is 17.3 Å². The van der Waals surface area contributed by atoms with Crippen LogP contribution in [-0.2, 0) is 0 Å². The van der Waals surface area contributed by atoms with Crippen LogP contribution in [0.2, 0.25) is 0 Å². The van der Waals surface area contributed by atoms with Crippen molar-refractivity contribution < 1.29 is 23.9 Å². The second-order valence-electron chi connectivity index (χ2n) is 6.06. The molecule has 0 aliphatic heterocycles. The number of hydrogen-bond acceptors (Lipinski definition) is 7. The maximum atomic E-state index is 12.9. The molecule has 0 aliphatic carbocycles. The first-order valence-corrected chi connectivity index (χ1v) is 9.80. The van der Waals surface area contributed by atoms with Gasteiger partial charge in [-0.2, -0.15) is 0 Å². The SMILES string of the molecule is COc1cc(C(=O)Nc2cccc(C#Cc3cccs3)c2)c([N+](=O)[O-])c(OC)c1OC. The van der Waals surface area contributed by atoms with Gasteiger partial charge in [0.1, 0.15) is 5.56 Å². The molecule has 0 aliphatic rings. The van der Waals surface area contributed by atoms with E-state index < -0.39 is 16.5 Å². The highest BCUT2D eigenvalue weighted by Crippen LogP contribution is 2.46. The van der Waals surface area contributed by atoms with E-state index in [4.69, 9.17) is 14.2 Å². The fourth-order valence-electron chi connectivity index (χ4n) is 2.85. The number of methoxy groups -OCH3 is 3. The molecular formula is C22H18N2O6S. The van der Waals surface area contributed by atoms with Crippen LogP contribution < -0.4 is 19.5 Å². The van der Waals surface area contributed by atoms with Crippen LogP contribution in [0.3, 0.4) is 0 Å². The first-order valence-electron chi connectivity index (χ1n) is 8.92. The van der Waals surface area contributed by atoms with E-state index in [2.05, 4.69) is 17.2 Å². The number of nitrogens with one attached hydrogen (secondary N) is 1. The van der Waals surface area contributed by atoms with Crippen LogP contribution in [-0.4, -0.2) is 32.2 Å². The highest BCUT2D eigenvalue weighted by molar-refractivity contribution is 7.10. The molecule has 0 atom stereocenters. The summed E-state index contributed by atoms with van der Waals surface area (Å²) >= 11 is 1.53. The normalized spacial score (nSPS) is 9.90. The van der Waals surface area contributed by atoms with Gasteiger partial charge in [-0.25, -0.2) is 0 Å². The predicted molar refractivity (Wildman–Crippen MR) is 117 cm³/mol. The number of anilines is 1. The van der Waals surface area contributed by atoms with Crippen molar-refractivity contribution in [1.29, 1.82) is 0 Å². The number of carbonyl (C=O) groups is 1. The fourth-order valence-corrected chi connectivity index (χ4v) is 3.42. The molecule has 2 aromatic carbocycles. The minimum Gasteiger partial charge on any atom is -0.493 e. The first kappa shape index (κ1) is 21.7. The summed E-state index contributed by atoms with van der Waals surface area (Å²) in [6, 6.07) is 12.0. The molecule has 0 spiro atoms. The molecule has 1 aromatic heterocycles. The zero-order valence-electron chi connectivity index (χ0n) is 16.9. The first-order chi connectivity index (χ1) is 15.0. The lowest BCUT2D eigenvalue weighted by atomic mass is 10.1. The summed E-state index contributed by atoms with van der Waals surface area (Å²) in [4.78, 5) is 24.9. The average Bonchev–Trinajstić information content (AvgIpc) is 3.29. The molecule has 0 saturated heterocycles. The van der Waals surface area contributed by atoms with Gasteiger partial charge in [0.05, 0.1) is 31.1 Å². The molecule has 9 heteroatoms. The number of thiophene rings is 1. The summed E-state index contributed by atoms with van der Waals surface area (Å²) in [5, 5.41) is 16.3. The molecule has 0 saturated carbocycles. The van der Waals surface area contributed by atoms with Gasteiger partial charge >= 0.3 is 5.69 Å². The summed E-state index contributed by atoms with van der Waals surface area (Å²) in [6.45, 7) is 0. The highest BCUT2D eigenvalue weighted by atomic mass is 32.1. The van der Waals surface area contributed by atoms with Crippen LogP contribution in [0.4, 0.5) is 11.4 Å². The van der Waals surface area contributed by atoms with Crippen molar-refractivity contribution in [1.82, 2.24) is 0 Å². The molecule has 1 amide bonds. The Balaban J connectivity index is 1.97. The summed E-state index contributed by atoms with van der Waals surface area (Å²) in [5.41, 5.74) is 0.373. The van der Waals surface area contributed by atoms with Gasteiger partial charge < -0.3 is 19.5 Å². The number of ether oxygens (including phenoxy) is 3. The number of nitro benzene ring substituents is 1. The molecule has 1 heterocycles. The van der Waals surface area contributed by atoms with Crippen molar-refractivity contribution in [2.45, 2.75) is 0 Å². The topological polar surface area (TPSA) is 99.9 Å². The number of nitro groups is 1. The number of nitrogens with zero attached hydrogens (tertiary/aromatic N) is 1. The lowest BCUT2D eigenvalue weighted by Crippen LogP contribution is -2.15. The minimum atomic E-state index is -0.700. The monoisotopic (exact) mass is 438 g/mol. The summed E-state index contributed by atoms with van der Waals surface area (Å²) in [7, 11) is 3.94. The Morgan fingerprint density at radius 2 is 1.81 bits per heavy atom. The molecule has 0 fully saturated rings. The fraction of sp³-hybridized carbons (Fsp3) is 0.136. The van der Waals surface area contributed by atoms with Gasteiger partial charge in [-0.1, -0.05) is 24.0 Å². The lowest BCUT2D eigenvalue weighted by Gasteiger charge is -2.15. The van der Waals surface area contributed by atoms with E-state index in [0.29, 0.717) is 11.3 Å². The molecule has 0 radical (unpaired) electrons. The number of hydrogen-bond donors (Lipinski definition) is 1. The van der Waals surface area contributed by atoms with Gasteiger partial charge in [-0.15, -0.1) is 11.3 Å². The molecular weight excluding hydrogens is 420 g/mol. The quantitative estimate of drug-likeness (QED) is 0.349. The smallest absolute Gasteiger partial charge is 0.327 e. The van der Waals surface area contributed by atoms with Crippen LogP contribution in [0, 0.1) is 22.0 Å². The number of rotatable bonds is 6. The third-order valence-corrected chi connectivity index (χ3v) is 4.99. The van der Waals surface area contributed by atoms with Crippen LogP contribution in [0.1, 0.15) is 20.8 Å². The Morgan fingerprint density at radius 3 is 2.42 bits per heavy atom. The van der Waals surface area contributed by atoms with Crippen molar-refractivity contribution in [3.63, 3.8) is 0 Å². The standard InChI is InChI=1S/C22H18N2O6S/c1-28-18-13-17(19(24(26)27)21(30-3)20(18)29-2)22(25)23-15-7-4-6-14(12-15)9-10-16-8-5-11-31-16/h4-8,11-13H,1-3H3,(H,23,25). The molecule has 0 unspecified atom stereocenters. The predicted octanol–water partition coefficient (Wildman–Crippen LogP) is 4.33. The van der Waals surface area contributed by atoms with E-state index in [1.54, 1.807) is 24.3 Å². The van der Waals surface area contributed by atoms with E-state index in [-0.39, 0.29) is 22.8 Å². The molecule has 31 heavy (non-hydrogen) atoms. The largest absolute Gasteiger partial charge is 0.493 e. The van der Waals surface area contributed by atoms with Crippen molar-refractivity contribution in [3.05, 3.63) is 74.0 Å². The third-order valence-electron chi connectivity index (χ3n) is 4.20. The second kappa shape index (κ2) is 9.65. The van der Waals surface area contributed by atoms with Crippen LogP contribution in [0.5, 0.6) is 17.2 Å². The maximum absolute atomic E-state index is 12.9. The van der Waals surface area contributed by atoms with Gasteiger partial charge in [0.15, 0.2) is 5.75 Å². The second-order valence-corrected chi connectivity index (χ2v) is 7.01. The molecule has 8 nitrogen and oxygen atoms in total. The summed E-state index contributed by atoms with van der Waals surface area (Å²) in [6.07, 6.45) is 0. The van der Waals surface area contributed by atoms with Crippen molar-refractivity contribution in [2.24, 2.45) is 0 Å². The van der Waals surface area contributed by atoms with E-state index in [0.717, 1.165) is 4.88 Å². The van der Waals surface area contributed by atoms with Crippen LogP contribution >= 0.6 is 11.3 Å². The van der Waals surface area contributed by atoms with Crippen molar-refractivity contribution >= 4 is 28.6 Å². The van der Waals surface area contributed by atoms with E-state index >= 15 is 0 Å². The zero-order valence-corrected chi connectivity index (χ0v) is 17.7. The Labute approximate surface area is 182 Å². The van der Waals surface area contributed by atoms with Gasteiger partial charge in [-0.3, -0.25) is 14.9 Å². The van der Waals surface area contributed by atoms with Crippen molar-refractivity contribution in [3.8, 4) is 29.1 Å². The van der Waals surface area contributed by atoms with Crippen LogP contribution in [0.15, 0.2) is 47.8 Å². The van der Waals surface area contributed by atoms with E-state index in [9.17, 15) is 14.9 Å². The van der Waals surface area contributed by atoms with Crippen molar-refractivity contribution in [2.75, 3.05) is 26.6 Å². The molecule has 3 aromatic rings. The zero-order chi connectivity index (χ0) is 22.4. The Kier molecular flexibility index (Phi) is 6.74. The Bertz CT molecular complexity index is 1180.